The minimum absolute atomic E-state index is 0.254. The van der Waals surface area contributed by atoms with Crippen molar-refractivity contribution in [2.45, 2.75) is 13.0 Å². The van der Waals surface area contributed by atoms with E-state index in [0.717, 1.165) is 11.3 Å². The molecule has 0 saturated carbocycles. The first-order valence-electron chi connectivity index (χ1n) is 4.47. The van der Waals surface area contributed by atoms with Crippen molar-refractivity contribution in [1.29, 1.82) is 0 Å². The zero-order valence-electron chi connectivity index (χ0n) is 8.37. The van der Waals surface area contributed by atoms with Gasteiger partial charge in [0, 0.05) is 11.7 Å². The van der Waals surface area contributed by atoms with E-state index in [1.807, 2.05) is 32.2 Å². The second-order valence-corrected chi connectivity index (χ2v) is 3.13. The number of nitrogens with two attached hydrogens (primary N) is 1. The highest BCUT2D eigenvalue weighted by Gasteiger charge is 2.03. The molecule has 2 amide bonds. The van der Waals surface area contributed by atoms with Gasteiger partial charge in [-0.25, -0.2) is 4.79 Å². The number of hydrogen-bond acceptors (Lipinski definition) is 2. The van der Waals surface area contributed by atoms with Crippen LogP contribution < -0.4 is 16.4 Å². The molecule has 0 aromatic heterocycles. The average Bonchev–Trinajstić information content (AvgIpc) is 2.16. The number of carbonyl (C=O) groups is 1. The van der Waals surface area contributed by atoms with Crippen molar-refractivity contribution >= 4 is 11.7 Å². The van der Waals surface area contributed by atoms with Crippen molar-refractivity contribution in [2.24, 2.45) is 5.73 Å². The van der Waals surface area contributed by atoms with Crippen LogP contribution in [0, 0.1) is 0 Å². The maximum absolute atomic E-state index is 10.6. The Morgan fingerprint density at radius 1 is 1.50 bits per heavy atom. The van der Waals surface area contributed by atoms with Crippen LogP contribution in [0.15, 0.2) is 24.3 Å². The highest BCUT2D eigenvalue weighted by molar-refractivity contribution is 5.87. The van der Waals surface area contributed by atoms with Crippen LogP contribution in [0.25, 0.3) is 0 Å². The van der Waals surface area contributed by atoms with Gasteiger partial charge in [-0.05, 0) is 31.7 Å². The zero-order valence-corrected chi connectivity index (χ0v) is 8.37. The van der Waals surface area contributed by atoms with Crippen LogP contribution in [0.3, 0.4) is 0 Å². The van der Waals surface area contributed by atoms with E-state index in [1.54, 1.807) is 6.07 Å². The van der Waals surface area contributed by atoms with E-state index in [-0.39, 0.29) is 6.04 Å². The number of carbonyl (C=O) groups excluding carboxylic acids is 1. The molecule has 4 heteroatoms. The van der Waals surface area contributed by atoms with Crippen molar-refractivity contribution < 1.29 is 4.79 Å². The first kappa shape index (κ1) is 10.5. The molecule has 0 radical (unpaired) electrons. The van der Waals surface area contributed by atoms with E-state index >= 15 is 0 Å². The number of primary amides is 1. The Hall–Kier alpha value is -1.55. The third-order valence-electron chi connectivity index (χ3n) is 2.09. The largest absolute Gasteiger partial charge is 0.351 e. The number of hydrogen-bond donors (Lipinski definition) is 3. The van der Waals surface area contributed by atoms with Crippen molar-refractivity contribution in [1.82, 2.24) is 5.32 Å². The lowest BCUT2D eigenvalue weighted by atomic mass is 10.1. The molecule has 1 atom stereocenters. The van der Waals surface area contributed by atoms with Crippen molar-refractivity contribution in [3.63, 3.8) is 0 Å². The molecule has 1 unspecified atom stereocenters. The summed E-state index contributed by atoms with van der Waals surface area (Å²) in [4.78, 5) is 10.6. The smallest absolute Gasteiger partial charge is 0.316 e. The van der Waals surface area contributed by atoms with Gasteiger partial charge in [0.25, 0.3) is 0 Å². The molecule has 1 rings (SSSR count). The molecule has 76 valence electrons. The van der Waals surface area contributed by atoms with Gasteiger partial charge in [0.05, 0.1) is 0 Å². The summed E-state index contributed by atoms with van der Waals surface area (Å²) in [7, 11) is 1.89. The minimum Gasteiger partial charge on any atom is -0.351 e. The Balaban J connectivity index is 2.83. The van der Waals surface area contributed by atoms with Crippen LogP contribution in [-0.2, 0) is 0 Å². The number of urea groups is 1. The van der Waals surface area contributed by atoms with Gasteiger partial charge in [0.2, 0.25) is 0 Å². The fourth-order valence-corrected chi connectivity index (χ4v) is 1.19. The van der Waals surface area contributed by atoms with Crippen LogP contribution in [0.5, 0.6) is 0 Å². The van der Waals surface area contributed by atoms with Crippen LogP contribution in [0.2, 0.25) is 0 Å². The van der Waals surface area contributed by atoms with Crippen LogP contribution in [0.1, 0.15) is 18.5 Å². The lowest BCUT2D eigenvalue weighted by Crippen LogP contribution is -2.19. The van der Waals surface area contributed by atoms with Crippen LogP contribution in [0.4, 0.5) is 10.5 Å². The molecular weight excluding hydrogens is 178 g/mol. The zero-order chi connectivity index (χ0) is 10.6. The molecule has 4 nitrogen and oxygen atoms in total. The molecule has 4 N–H and O–H groups in total. The average molecular weight is 193 g/mol. The number of benzene rings is 1. The molecular formula is C10H15N3O. The Bertz CT molecular complexity index is 325. The van der Waals surface area contributed by atoms with Crippen molar-refractivity contribution in [2.75, 3.05) is 12.4 Å². The second-order valence-electron chi connectivity index (χ2n) is 3.13. The number of rotatable bonds is 3. The van der Waals surface area contributed by atoms with E-state index in [0.29, 0.717) is 0 Å². The maximum atomic E-state index is 10.6. The normalized spacial score (nSPS) is 12.1. The van der Waals surface area contributed by atoms with Gasteiger partial charge in [0.1, 0.15) is 0 Å². The molecule has 14 heavy (non-hydrogen) atoms. The fraction of sp³-hybridized carbons (Fsp3) is 0.300. The summed E-state index contributed by atoms with van der Waals surface area (Å²) in [6.07, 6.45) is 0. The van der Waals surface area contributed by atoms with Gasteiger partial charge < -0.3 is 16.4 Å². The molecule has 0 aliphatic heterocycles. The maximum Gasteiger partial charge on any atom is 0.316 e. The molecule has 0 spiro atoms. The number of amides is 2. The summed E-state index contributed by atoms with van der Waals surface area (Å²) in [5.74, 6) is 0. The summed E-state index contributed by atoms with van der Waals surface area (Å²) in [6.45, 7) is 2.05. The third kappa shape index (κ3) is 2.74. The Morgan fingerprint density at radius 2 is 2.21 bits per heavy atom. The second kappa shape index (κ2) is 4.62. The molecule has 1 aromatic carbocycles. The van der Waals surface area contributed by atoms with E-state index in [1.165, 1.54) is 0 Å². The van der Waals surface area contributed by atoms with Crippen LogP contribution in [-0.4, -0.2) is 13.1 Å². The third-order valence-corrected chi connectivity index (χ3v) is 2.09. The molecule has 0 saturated heterocycles. The molecule has 1 aromatic rings. The Labute approximate surface area is 83.5 Å². The molecule has 0 fully saturated rings. The minimum atomic E-state index is -0.542. The monoisotopic (exact) mass is 193 g/mol. The van der Waals surface area contributed by atoms with Gasteiger partial charge in [-0.3, -0.25) is 0 Å². The van der Waals surface area contributed by atoms with Gasteiger partial charge in [0.15, 0.2) is 0 Å². The summed E-state index contributed by atoms with van der Waals surface area (Å²) in [5, 5.41) is 5.65. The van der Waals surface area contributed by atoms with E-state index in [2.05, 4.69) is 10.6 Å². The van der Waals surface area contributed by atoms with Gasteiger partial charge in [-0.1, -0.05) is 12.1 Å². The number of anilines is 1. The SMILES string of the molecule is CNC(C)c1cccc(NC(N)=O)c1. The standard InChI is InChI=1S/C10H15N3O/c1-7(12-2)8-4-3-5-9(6-8)13-10(11)14/h3-7,12H,1-2H3,(H3,11,13,14). The molecule has 0 bridgehead atoms. The predicted molar refractivity (Wildman–Crippen MR) is 57.1 cm³/mol. The summed E-state index contributed by atoms with van der Waals surface area (Å²) < 4.78 is 0. The van der Waals surface area contributed by atoms with Gasteiger partial charge in [-0.2, -0.15) is 0 Å². The quantitative estimate of drug-likeness (QED) is 0.680. The summed E-state index contributed by atoms with van der Waals surface area (Å²) in [5.41, 5.74) is 6.85. The van der Waals surface area contributed by atoms with Crippen molar-refractivity contribution in [3.8, 4) is 0 Å². The highest BCUT2D eigenvalue weighted by Crippen LogP contribution is 2.16. The fourth-order valence-electron chi connectivity index (χ4n) is 1.19. The van der Waals surface area contributed by atoms with Gasteiger partial charge in [-0.15, -0.1) is 0 Å². The molecule has 0 heterocycles. The lowest BCUT2D eigenvalue weighted by molar-refractivity contribution is 0.259. The lowest BCUT2D eigenvalue weighted by Gasteiger charge is -2.11. The van der Waals surface area contributed by atoms with Gasteiger partial charge >= 0.3 is 6.03 Å². The number of nitrogens with one attached hydrogen (secondary N) is 2. The van der Waals surface area contributed by atoms with E-state index < -0.39 is 6.03 Å². The predicted octanol–water partition coefficient (Wildman–Crippen LogP) is 1.46. The topological polar surface area (TPSA) is 67.2 Å². The Kier molecular flexibility index (Phi) is 3.48. The molecule has 0 aliphatic carbocycles. The van der Waals surface area contributed by atoms with Crippen LogP contribution >= 0.6 is 0 Å². The van der Waals surface area contributed by atoms with E-state index in [4.69, 9.17) is 5.73 Å². The summed E-state index contributed by atoms with van der Waals surface area (Å²) in [6, 6.07) is 7.29. The Morgan fingerprint density at radius 3 is 2.79 bits per heavy atom. The highest BCUT2D eigenvalue weighted by atomic mass is 16.2. The summed E-state index contributed by atoms with van der Waals surface area (Å²) >= 11 is 0. The van der Waals surface area contributed by atoms with E-state index in [9.17, 15) is 4.79 Å². The first-order valence-corrected chi connectivity index (χ1v) is 4.47. The van der Waals surface area contributed by atoms with Crippen molar-refractivity contribution in [3.05, 3.63) is 29.8 Å². The first-order chi connectivity index (χ1) is 6.63. The molecule has 0 aliphatic rings.